The number of methoxy groups -OCH3 is 1. The number of anilines is 1. The lowest BCUT2D eigenvalue weighted by Gasteiger charge is -2.17. The van der Waals surface area contributed by atoms with Crippen LogP contribution in [0.4, 0.5) is 5.69 Å². The van der Waals surface area contributed by atoms with Gasteiger partial charge in [0.1, 0.15) is 11.0 Å². The van der Waals surface area contributed by atoms with Crippen molar-refractivity contribution in [3.63, 3.8) is 0 Å². The lowest BCUT2D eigenvalue weighted by Crippen LogP contribution is -2.19. The third-order valence-electron chi connectivity index (χ3n) is 4.81. The van der Waals surface area contributed by atoms with Crippen LogP contribution in [0.2, 0.25) is 0 Å². The molecule has 8 heteroatoms. The molecule has 1 aromatic heterocycles. The third kappa shape index (κ3) is 4.97. The van der Waals surface area contributed by atoms with Crippen LogP contribution in [0.15, 0.2) is 78.0 Å². The summed E-state index contributed by atoms with van der Waals surface area (Å²) in [5, 5.41) is 15.1. The zero-order valence-electron chi connectivity index (χ0n) is 18.0. The monoisotopic (exact) mass is 445 g/mol. The van der Waals surface area contributed by atoms with Crippen LogP contribution in [0.25, 0.3) is 5.69 Å². The number of hydrogen-bond donors (Lipinski definition) is 1. The van der Waals surface area contributed by atoms with E-state index in [0.717, 1.165) is 33.8 Å². The molecule has 4 aromatic rings. The van der Waals surface area contributed by atoms with E-state index in [0.29, 0.717) is 5.16 Å². The van der Waals surface area contributed by atoms with Crippen molar-refractivity contribution in [2.45, 2.75) is 24.3 Å². The Morgan fingerprint density at radius 3 is 2.34 bits per heavy atom. The van der Waals surface area contributed by atoms with E-state index in [-0.39, 0.29) is 5.91 Å². The number of nitrogens with zero attached hydrogens (tertiary/aromatic N) is 4. The molecule has 1 atom stereocenters. The highest BCUT2D eigenvalue weighted by Crippen LogP contribution is 2.36. The number of benzene rings is 3. The van der Waals surface area contributed by atoms with Crippen LogP contribution in [0.1, 0.15) is 21.9 Å². The number of carbonyl (C=O) groups is 1. The van der Waals surface area contributed by atoms with Crippen LogP contribution in [0, 0.1) is 13.8 Å². The van der Waals surface area contributed by atoms with E-state index in [4.69, 9.17) is 4.74 Å². The van der Waals surface area contributed by atoms with E-state index in [1.165, 1.54) is 11.8 Å². The molecule has 0 saturated heterocycles. The van der Waals surface area contributed by atoms with Gasteiger partial charge in [-0.1, -0.05) is 48.2 Å². The molecule has 0 fully saturated rings. The first-order valence-electron chi connectivity index (χ1n) is 10.1. The van der Waals surface area contributed by atoms with Gasteiger partial charge in [-0.2, -0.15) is 4.68 Å². The molecule has 0 bridgehead atoms. The Hall–Kier alpha value is -3.65. The summed E-state index contributed by atoms with van der Waals surface area (Å²) in [7, 11) is 1.62. The molecular formula is C24H23N5O2S. The molecule has 0 unspecified atom stereocenters. The average Bonchev–Trinajstić information content (AvgIpc) is 3.25. The smallest absolute Gasteiger partial charge is 0.242 e. The fraction of sp³-hybridized carbons (Fsp3) is 0.167. The largest absolute Gasteiger partial charge is 0.497 e. The van der Waals surface area contributed by atoms with E-state index in [1.54, 1.807) is 11.8 Å². The Bertz CT molecular complexity index is 1190. The topological polar surface area (TPSA) is 81.9 Å². The fourth-order valence-electron chi connectivity index (χ4n) is 3.40. The molecule has 4 rings (SSSR count). The molecule has 1 amide bonds. The van der Waals surface area contributed by atoms with Crippen molar-refractivity contribution in [3.8, 4) is 11.4 Å². The predicted octanol–water partition coefficient (Wildman–Crippen LogP) is 4.76. The van der Waals surface area contributed by atoms with Crippen molar-refractivity contribution < 1.29 is 9.53 Å². The van der Waals surface area contributed by atoms with Gasteiger partial charge in [-0.3, -0.25) is 4.79 Å². The highest BCUT2D eigenvalue weighted by molar-refractivity contribution is 8.00. The van der Waals surface area contributed by atoms with Gasteiger partial charge in [-0.25, -0.2) is 0 Å². The van der Waals surface area contributed by atoms with E-state index in [9.17, 15) is 4.79 Å². The van der Waals surface area contributed by atoms with Crippen LogP contribution in [-0.4, -0.2) is 33.2 Å². The zero-order chi connectivity index (χ0) is 22.5. The van der Waals surface area contributed by atoms with Gasteiger partial charge in [0.05, 0.1) is 12.8 Å². The van der Waals surface area contributed by atoms with E-state index < -0.39 is 5.25 Å². The first-order chi connectivity index (χ1) is 15.5. The summed E-state index contributed by atoms with van der Waals surface area (Å²) in [5.74, 6) is 0.599. The highest BCUT2D eigenvalue weighted by Gasteiger charge is 2.25. The van der Waals surface area contributed by atoms with Crippen LogP contribution in [0.5, 0.6) is 5.75 Å². The Balaban J connectivity index is 1.64. The molecule has 0 aliphatic carbocycles. The standard InChI is InChI=1S/C24H23N5O2S/c1-16-13-17(2)15-19(14-16)25-23(30)22(18-7-5-4-6-8-18)32-24-26-27-28-29(24)20-9-11-21(31-3)12-10-20/h4-15,22H,1-3H3,(H,25,30)/t22-/m1/s1. The van der Waals surface area contributed by atoms with Crippen LogP contribution in [0.3, 0.4) is 0 Å². The van der Waals surface area contributed by atoms with Crippen LogP contribution >= 0.6 is 11.8 Å². The Kier molecular flexibility index (Phi) is 6.51. The molecule has 1 heterocycles. The van der Waals surface area contributed by atoms with Crippen LogP contribution in [-0.2, 0) is 4.79 Å². The van der Waals surface area contributed by atoms with Crippen molar-refractivity contribution in [1.29, 1.82) is 0 Å². The maximum absolute atomic E-state index is 13.4. The number of hydrogen-bond acceptors (Lipinski definition) is 6. The summed E-state index contributed by atoms with van der Waals surface area (Å²) in [6.07, 6.45) is 0. The van der Waals surface area contributed by atoms with Gasteiger partial charge in [0.15, 0.2) is 0 Å². The summed E-state index contributed by atoms with van der Waals surface area (Å²) >= 11 is 1.30. The first kappa shape index (κ1) is 21.6. The lowest BCUT2D eigenvalue weighted by molar-refractivity contribution is -0.115. The summed E-state index contributed by atoms with van der Waals surface area (Å²) in [5.41, 5.74) is 4.59. The van der Waals surface area contributed by atoms with Gasteiger partial charge in [-0.15, -0.1) is 5.10 Å². The zero-order valence-corrected chi connectivity index (χ0v) is 18.8. The first-order valence-corrected chi connectivity index (χ1v) is 10.9. The Labute approximate surface area is 190 Å². The van der Waals surface area contributed by atoms with E-state index >= 15 is 0 Å². The number of thioether (sulfide) groups is 1. The summed E-state index contributed by atoms with van der Waals surface area (Å²) in [6.45, 7) is 4.02. The van der Waals surface area contributed by atoms with Gasteiger partial charge in [0.2, 0.25) is 11.1 Å². The van der Waals surface area contributed by atoms with Crippen molar-refractivity contribution in [1.82, 2.24) is 20.2 Å². The van der Waals surface area contributed by atoms with Gasteiger partial charge >= 0.3 is 0 Å². The second-order valence-electron chi connectivity index (χ2n) is 7.35. The normalized spacial score (nSPS) is 11.7. The molecule has 32 heavy (non-hydrogen) atoms. The van der Waals surface area contributed by atoms with Gasteiger partial charge in [0, 0.05) is 5.69 Å². The number of aromatic nitrogens is 4. The second kappa shape index (κ2) is 9.65. The molecule has 0 saturated carbocycles. The number of nitrogens with one attached hydrogen (secondary N) is 1. The quantitative estimate of drug-likeness (QED) is 0.413. The maximum Gasteiger partial charge on any atom is 0.242 e. The highest BCUT2D eigenvalue weighted by atomic mass is 32.2. The molecular weight excluding hydrogens is 422 g/mol. The molecule has 0 spiro atoms. The summed E-state index contributed by atoms with van der Waals surface area (Å²) < 4.78 is 6.84. The lowest BCUT2D eigenvalue weighted by atomic mass is 10.1. The molecule has 162 valence electrons. The summed E-state index contributed by atoms with van der Waals surface area (Å²) in [6, 6.07) is 23.0. The van der Waals surface area contributed by atoms with Gasteiger partial charge in [-0.05, 0) is 77.4 Å². The number of tetrazole rings is 1. The molecule has 0 radical (unpaired) electrons. The molecule has 1 N–H and O–H groups in total. The van der Waals surface area contributed by atoms with Gasteiger partial charge in [0.25, 0.3) is 0 Å². The molecule has 0 aliphatic rings. The minimum atomic E-state index is -0.542. The van der Waals surface area contributed by atoms with Crippen molar-refractivity contribution in [3.05, 3.63) is 89.5 Å². The number of carbonyl (C=O) groups excluding carboxylic acids is 1. The van der Waals surface area contributed by atoms with E-state index in [2.05, 4.69) is 26.9 Å². The second-order valence-corrected chi connectivity index (χ2v) is 8.42. The molecule has 0 aliphatic heterocycles. The van der Waals surface area contributed by atoms with Crippen molar-refractivity contribution in [2.75, 3.05) is 12.4 Å². The number of ether oxygens (including phenoxy) is 1. The molecule has 7 nitrogen and oxygen atoms in total. The predicted molar refractivity (Wildman–Crippen MR) is 125 cm³/mol. The number of aryl methyl sites for hydroxylation is 2. The van der Waals surface area contributed by atoms with Crippen LogP contribution < -0.4 is 10.1 Å². The minimum absolute atomic E-state index is 0.143. The van der Waals surface area contributed by atoms with Crippen molar-refractivity contribution in [2.24, 2.45) is 0 Å². The fourth-order valence-corrected chi connectivity index (χ4v) is 4.39. The maximum atomic E-state index is 13.4. The number of rotatable bonds is 7. The Morgan fingerprint density at radius 2 is 1.69 bits per heavy atom. The van der Waals surface area contributed by atoms with Gasteiger partial charge < -0.3 is 10.1 Å². The Morgan fingerprint density at radius 1 is 1.00 bits per heavy atom. The summed E-state index contributed by atoms with van der Waals surface area (Å²) in [4.78, 5) is 13.4. The minimum Gasteiger partial charge on any atom is -0.497 e. The average molecular weight is 446 g/mol. The van der Waals surface area contributed by atoms with E-state index in [1.807, 2.05) is 80.6 Å². The third-order valence-corrected chi connectivity index (χ3v) is 6.00. The SMILES string of the molecule is COc1ccc(-n2nnnc2S[C@@H](C(=O)Nc2cc(C)cc(C)c2)c2ccccc2)cc1. The molecule has 3 aromatic carbocycles. The number of amides is 1. The van der Waals surface area contributed by atoms with Crippen molar-refractivity contribution >= 4 is 23.4 Å².